The van der Waals surface area contributed by atoms with Crippen LogP contribution in [0.4, 0.5) is 13.2 Å². The van der Waals surface area contributed by atoms with Crippen molar-refractivity contribution in [3.05, 3.63) is 82.7 Å². The smallest absolute Gasteiger partial charge is 0.433 e. The number of rotatable bonds is 5. The first kappa shape index (κ1) is 28.2. The average Bonchev–Trinajstić information content (AvgIpc) is 3.38. The summed E-state index contributed by atoms with van der Waals surface area (Å²) in [6.07, 6.45) is 2.03. The van der Waals surface area contributed by atoms with Gasteiger partial charge in [-0.2, -0.15) is 18.3 Å². The molecule has 2 aromatic heterocycles. The number of methoxy groups -OCH3 is 1. The Kier molecular flexibility index (Phi) is 7.49. The van der Waals surface area contributed by atoms with E-state index in [4.69, 9.17) is 11.2 Å². The molecule has 0 N–H and O–H groups in total. The van der Waals surface area contributed by atoms with Crippen molar-refractivity contribution in [1.82, 2.24) is 24.4 Å². The summed E-state index contributed by atoms with van der Waals surface area (Å²) < 4.78 is 48.8. The molecule has 10 heteroatoms. The van der Waals surface area contributed by atoms with Gasteiger partial charge in [0.15, 0.2) is 11.3 Å². The molecule has 1 fully saturated rings. The highest BCUT2D eigenvalue weighted by Gasteiger charge is 2.39. The lowest BCUT2D eigenvalue weighted by atomic mass is 10.0. The number of piperazine rings is 1. The van der Waals surface area contributed by atoms with E-state index in [1.54, 1.807) is 29.2 Å². The third-order valence-corrected chi connectivity index (χ3v) is 7.75. The molecule has 212 valence electrons. The molecule has 1 saturated heterocycles. The Morgan fingerprint density at radius 2 is 1.90 bits per heavy atom. The van der Waals surface area contributed by atoms with Crippen molar-refractivity contribution < 1.29 is 22.7 Å². The van der Waals surface area contributed by atoms with Crippen LogP contribution in [-0.2, 0) is 6.18 Å². The van der Waals surface area contributed by atoms with Crippen molar-refractivity contribution in [3.8, 4) is 29.4 Å². The van der Waals surface area contributed by atoms with Gasteiger partial charge >= 0.3 is 6.18 Å². The molecule has 1 aliphatic rings. The lowest BCUT2D eigenvalue weighted by molar-refractivity contribution is -0.143. The predicted molar refractivity (Wildman–Crippen MR) is 150 cm³/mol. The standard InChI is InChI=1S/C31H30F3N5O2/c1-6-22-8-7-9-24(16-22)21(4)37-14-15-38(19(2)18-37)30(40)26-17-35-39-28(31(32,33)34)20(3)27(36-29(26)39)23-10-12-25(41-5)13-11-23/h1,7-13,16-17,19,21H,14-15,18H2,2-5H3/t19-,21+/m1/s1. The normalized spacial score (nSPS) is 16.9. The molecule has 41 heavy (non-hydrogen) atoms. The average molecular weight is 562 g/mol. The number of nitrogens with zero attached hydrogens (tertiary/aromatic N) is 5. The fraction of sp³-hybridized carbons (Fsp3) is 0.323. The van der Waals surface area contributed by atoms with E-state index in [2.05, 4.69) is 27.8 Å². The zero-order valence-electron chi connectivity index (χ0n) is 23.2. The molecule has 4 aromatic rings. The van der Waals surface area contributed by atoms with Crippen LogP contribution in [0.3, 0.4) is 0 Å². The molecule has 1 aliphatic heterocycles. The van der Waals surface area contributed by atoms with Gasteiger partial charge in [0.2, 0.25) is 0 Å². The molecular weight excluding hydrogens is 531 g/mol. The Labute approximate surface area is 236 Å². The number of aromatic nitrogens is 3. The molecule has 5 rings (SSSR count). The van der Waals surface area contributed by atoms with E-state index in [1.807, 2.05) is 31.2 Å². The van der Waals surface area contributed by atoms with Crippen molar-refractivity contribution >= 4 is 11.6 Å². The van der Waals surface area contributed by atoms with Crippen LogP contribution in [0.25, 0.3) is 16.9 Å². The number of alkyl halides is 3. The first-order valence-corrected chi connectivity index (χ1v) is 13.2. The quantitative estimate of drug-likeness (QED) is 0.296. The van der Waals surface area contributed by atoms with E-state index in [1.165, 1.54) is 20.2 Å². The summed E-state index contributed by atoms with van der Waals surface area (Å²) in [7, 11) is 1.51. The summed E-state index contributed by atoms with van der Waals surface area (Å²) in [5, 5.41) is 3.99. The van der Waals surface area contributed by atoms with Gasteiger partial charge in [-0.3, -0.25) is 9.69 Å². The molecule has 0 spiro atoms. The molecule has 2 aromatic carbocycles. The monoisotopic (exact) mass is 561 g/mol. The predicted octanol–water partition coefficient (Wildman–Crippen LogP) is 5.62. The Morgan fingerprint density at radius 1 is 1.17 bits per heavy atom. The van der Waals surface area contributed by atoms with E-state index >= 15 is 0 Å². The largest absolute Gasteiger partial charge is 0.497 e. The highest BCUT2D eigenvalue weighted by atomic mass is 19.4. The fourth-order valence-electron chi connectivity index (χ4n) is 5.48. The number of carbonyl (C=O) groups is 1. The van der Waals surface area contributed by atoms with Crippen molar-refractivity contribution in [2.45, 2.75) is 39.0 Å². The highest BCUT2D eigenvalue weighted by molar-refractivity contribution is 6.00. The third-order valence-electron chi connectivity index (χ3n) is 7.75. The number of amides is 1. The second-order valence-corrected chi connectivity index (χ2v) is 10.2. The number of hydrogen-bond donors (Lipinski definition) is 0. The molecule has 0 unspecified atom stereocenters. The molecule has 2 atom stereocenters. The first-order chi connectivity index (χ1) is 19.5. The number of ether oxygens (including phenoxy) is 1. The topological polar surface area (TPSA) is 63.0 Å². The van der Waals surface area contributed by atoms with Crippen LogP contribution >= 0.6 is 0 Å². The molecule has 7 nitrogen and oxygen atoms in total. The molecule has 1 amide bonds. The number of fused-ring (bicyclic) bond motifs is 1. The van der Waals surface area contributed by atoms with Gasteiger partial charge in [-0.1, -0.05) is 18.1 Å². The maximum atomic E-state index is 14.3. The number of benzene rings is 2. The second kappa shape index (κ2) is 10.9. The maximum Gasteiger partial charge on any atom is 0.433 e. The molecule has 0 aliphatic carbocycles. The Balaban J connectivity index is 1.47. The molecule has 0 radical (unpaired) electrons. The SMILES string of the molecule is C#Cc1cccc([C@H](C)N2CCN(C(=O)c3cnn4c(C(F)(F)F)c(C)c(-c5ccc(OC)cc5)nc34)[C@H](C)C2)c1. The molecule has 3 heterocycles. The zero-order valence-corrected chi connectivity index (χ0v) is 23.2. The van der Waals surface area contributed by atoms with Gasteiger partial charge in [-0.25, -0.2) is 9.50 Å². The van der Waals surface area contributed by atoms with Gasteiger partial charge in [0.1, 0.15) is 11.3 Å². The van der Waals surface area contributed by atoms with Gasteiger partial charge in [0.25, 0.3) is 5.91 Å². The van der Waals surface area contributed by atoms with Crippen LogP contribution in [0.5, 0.6) is 5.75 Å². The highest BCUT2D eigenvalue weighted by Crippen LogP contribution is 2.37. The van der Waals surface area contributed by atoms with Gasteiger partial charge in [0, 0.05) is 48.4 Å². The van der Waals surface area contributed by atoms with E-state index < -0.39 is 17.8 Å². The van der Waals surface area contributed by atoms with Crippen LogP contribution in [-0.4, -0.2) is 63.1 Å². The lowest BCUT2D eigenvalue weighted by Crippen LogP contribution is -2.54. The van der Waals surface area contributed by atoms with Crippen LogP contribution in [0.15, 0.2) is 54.7 Å². The number of carbonyl (C=O) groups excluding carboxylic acids is 1. The van der Waals surface area contributed by atoms with Crippen molar-refractivity contribution in [3.63, 3.8) is 0 Å². The van der Waals surface area contributed by atoms with E-state index in [0.29, 0.717) is 30.9 Å². The van der Waals surface area contributed by atoms with Gasteiger partial charge < -0.3 is 9.64 Å². The molecule has 0 saturated carbocycles. The van der Waals surface area contributed by atoms with Crippen LogP contribution in [0.2, 0.25) is 0 Å². The minimum atomic E-state index is -4.72. The number of hydrogen-bond acceptors (Lipinski definition) is 5. The molecular formula is C31H30F3N5O2. The first-order valence-electron chi connectivity index (χ1n) is 13.2. The summed E-state index contributed by atoms with van der Waals surface area (Å²) >= 11 is 0. The summed E-state index contributed by atoms with van der Waals surface area (Å²) in [6.45, 7) is 6.97. The van der Waals surface area contributed by atoms with E-state index in [0.717, 1.165) is 15.6 Å². The van der Waals surface area contributed by atoms with Gasteiger partial charge in [-0.05, 0) is 62.7 Å². The van der Waals surface area contributed by atoms with Crippen molar-refractivity contribution in [2.24, 2.45) is 0 Å². The fourth-order valence-corrected chi connectivity index (χ4v) is 5.48. The number of terminal acetylenes is 1. The van der Waals surface area contributed by atoms with Crippen molar-refractivity contribution in [1.29, 1.82) is 0 Å². The Hall–Kier alpha value is -4.36. The Morgan fingerprint density at radius 3 is 2.54 bits per heavy atom. The zero-order chi connectivity index (χ0) is 29.5. The summed E-state index contributed by atoms with van der Waals surface area (Å²) in [5.41, 5.74) is 1.34. The summed E-state index contributed by atoms with van der Waals surface area (Å²) in [5.74, 6) is 2.82. The summed E-state index contributed by atoms with van der Waals surface area (Å²) in [4.78, 5) is 22.3. The maximum absolute atomic E-state index is 14.3. The van der Waals surface area contributed by atoms with E-state index in [-0.39, 0.29) is 34.6 Å². The summed E-state index contributed by atoms with van der Waals surface area (Å²) in [6, 6.07) is 14.3. The third kappa shape index (κ3) is 5.25. The lowest BCUT2D eigenvalue weighted by Gasteiger charge is -2.42. The Bertz CT molecular complexity index is 1640. The van der Waals surface area contributed by atoms with Gasteiger partial charge in [-0.15, -0.1) is 6.42 Å². The minimum Gasteiger partial charge on any atom is -0.497 e. The minimum absolute atomic E-state index is 0.0281. The second-order valence-electron chi connectivity index (χ2n) is 10.2. The van der Waals surface area contributed by atoms with Crippen molar-refractivity contribution in [2.75, 3.05) is 26.7 Å². The van der Waals surface area contributed by atoms with Crippen LogP contribution in [0.1, 0.15) is 52.6 Å². The van der Waals surface area contributed by atoms with Crippen LogP contribution in [0, 0.1) is 19.3 Å². The number of halogens is 3. The van der Waals surface area contributed by atoms with E-state index in [9.17, 15) is 18.0 Å². The van der Waals surface area contributed by atoms with Crippen LogP contribution < -0.4 is 4.74 Å². The van der Waals surface area contributed by atoms with Gasteiger partial charge in [0.05, 0.1) is 19.0 Å². The molecule has 0 bridgehead atoms.